The minimum atomic E-state index is -0.334. The predicted molar refractivity (Wildman–Crippen MR) is 82.3 cm³/mol. The molecule has 0 amide bonds. The second-order valence-electron chi connectivity index (χ2n) is 5.42. The largest absolute Gasteiger partial charge is 0.393 e. The van der Waals surface area contributed by atoms with Crippen LogP contribution < -0.4 is 0 Å². The third kappa shape index (κ3) is 3.27. The maximum absolute atomic E-state index is 10.2. The number of rotatable bonds is 5. The first-order valence-corrected chi connectivity index (χ1v) is 7.80. The van der Waals surface area contributed by atoms with Crippen LogP contribution in [0.4, 0.5) is 0 Å². The summed E-state index contributed by atoms with van der Waals surface area (Å²) < 4.78 is 1.91. The van der Waals surface area contributed by atoms with Crippen LogP contribution in [-0.4, -0.2) is 26.0 Å². The predicted octanol–water partition coefficient (Wildman–Crippen LogP) is 2.65. The zero-order chi connectivity index (χ0) is 14.9. The zero-order valence-corrected chi connectivity index (χ0v) is 13.7. The van der Waals surface area contributed by atoms with Crippen molar-refractivity contribution in [1.29, 1.82) is 0 Å². The number of hydrogen-bond acceptors (Lipinski definition) is 4. The lowest BCUT2D eigenvalue weighted by Crippen LogP contribution is -2.12. The van der Waals surface area contributed by atoms with E-state index in [1.54, 1.807) is 11.3 Å². The van der Waals surface area contributed by atoms with Crippen LogP contribution in [0.5, 0.6) is 0 Å². The normalized spacial score (nSPS) is 12.9. The SMILES string of the molecule is Cc1nc(CC(O)CCc2c(C)nn(C)c2C)sc1C. The Labute approximate surface area is 124 Å². The quantitative estimate of drug-likeness (QED) is 0.922. The molecule has 0 aliphatic carbocycles. The van der Waals surface area contributed by atoms with Crippen molar-refractivity contribution in [2.45, 2.75) is 53.1 Å². The van der Waals surface area contributed by atoms with Crippen LogP contribution in [0.25, 0.3) is 0 Å². The molecule has 0 saturated carbocycles. The number of aromatic nitrogens is 3. The van der Waals surface area contributed by atoms with Crippen LogP contribution in [0.1, 0.15) is 39.0 Å². The van der Waals surface area contributed by atoms with Gasteiger partial charge < -0.3 is 5.11 Å². The molecule has 2 aromatic rings. The number of thiazole rings is 1. The molecule has 0 aliphatic heterocycles. The fourth-order valence-corrected chi connectivity index (χ4v) is 3.43. The van der Waals surface area contributed by atoms with E-state index in [9.17, 15) is 5.11 Å². The van der Waals surface area contributed by atoms with E-state index in [0.29, 0.717) is 6.42 Å². The van der Waals surface area contributed by atoms with E-state index >= 15 is 0 Å². The van der Waals surface area contributed by atoms with Crippen LogP contribution in [0.15, 0.2) is 0 Å². The third-order valence-corrected chi connectivity index (χ3v) is 4.96. The monoisotopic (exact) mass is 293 g/mol. The molecule has 0 bridgehead atoms. The van der Waals surface area contributed by atoms with E-state index in [-0.39, 0.29) is 6.10 Å². The Morgan fingerprint density at radius 3 is 2.40 bits per heavy atom. The lowest BCUT2D eigenvalue weighted by atomic mass is 10.0. The number of aliphatic hydroxyl groups is 1. The molecule has 0 fully saturated rings. The molecule has 0 radical (unpaired) electrons. The van der Waals surface area contributed by atoms with Gasteiger partial charge in [0.1, 0.15) is 0 Å². The Balaban J connectivity index is 1.93. The first-order valence-electron chi connectivity index (χ1n) is 6.98. The van der Waals surface area contributed by atoms with Gasteiger partial charge in [0.25, 0.3) is 0 Å². The summed E-state index contributed by atoms with van der Waals surface area (Å²) in [5, 5.41) is 15.6. The summed E-state index contributed by atoms with van der Waals surface area (Å²) in [7, 11) is 1.96. The van der Waals surface area contributed by atoms with Crippen molar-refractivity contribution in [1.82, 2.24) is 14.8 Å². The molecule has 0 saturated heterocycles. The van der Waals surface area contributed by atoms with Gasteiger partial charge >= 0.3 is 0 Å². The van der Waals surface area contributed by atoms with E-state index in [4.69, 9.17) is 0 Å². The molecule has 20 heavy (non-hydrogen) atoms. The minimum absolute atomic E-state index is 0.334. The highest BCUT2D eigenvalue weighted by Crippen LogP contribution is 2.20. The second-order valence-corrected chi connectivity index (χ2v) is 6.71. The minimum Gasteiger partial charge on any atom is -0.393 e. The first-order chi connectivity index (χ1) is 9.38. The summed E-state index contributed by atoms with van der Waals surface area (Å²) in [5.41, 5.74) is 4.60. The number of nitrogens with zero attached hydrogens (tertiary/aromatic N) is 3. The van der Waals surface area contributed by atoms with Crippen LogP contribution in [0.2, 0.25) is 0 Å². The first kappa shape index (κ1) is 15.2. The molecule has 2 aromatic heterocycles. The van der Waals surface area contributed by atoms with E-state index in [1.165, 1.54) is 16.1 Å². The van der Waals surface area contributed by atoms with E-state index in [1.807, 2.05) is 25.6 Å². The van der Waals surface area contributed by atoms with E-state index < -0.39 is 0 Å². The van der Waals surface area contributed by atoms with Gasteiger partial charge in [-0.15, -0.1) is 11.3 Å². The van der Waals surface area contributed by atoms with Crippen LogP contribution >= 0.6 is 11.3 Å². The Hall–Kier alpha value is -1.20. The highest BCUT2D eigenvalue weighted by molar-refractivity contribution is 7.11. The summed E-state index contributed by atoms with van der Waals surface area (Å²) in [4.78, 5) is 5.73. The summed E-state index contributed by atoms with van der Waals surface area (Å²) in [6.45, 7) is 8.20. The molecule has 0 aromatic carbocycles. The molecule has 0 aliphatic rings. The van der Waals surface area contributed by atoms with Crippen molar-refractivity contribution in [3.63, 3.8) is 0 Å². The Bertz CT molecular complexity index is 581. The molecule has 1 N–H and O–H groups in total. The van der Waals surface area contributed by atoms with Crippen LogP contribution in [0, 0.1) is 27.7 Å². The fourth-order valence-electron chi connectivity index (χ4n) is 2.42. The van der Waals surface area contributed by atoms with Gasteiger partial charge in [-0.1, -0.05) is 0 Å². The molecule has 2 rings (SSSR count). The fraction of sp³-hybridized carbons (Fsp3) is 0.600. The molecule has 2 heterocycles. The average Bonchev–Trinajstić information content (AvgIpc) is 2.79. The van der Waals surface area contributed by atoms with Crippen molar-refractivity contribution < 1.29 is 5.11 Å². The second kappa shape index (κ2) is 6.06. The smallest absolute Gasteiger partial charge is 0.0956 e. The van der Waals surface area contributed by atoms with Crippen molar-refractivity contribution in [2.75, 3.05) is 0 Å². The molecule has 0 spiro atoms. The summed E-state index contributed by atoms with van der Waals surface area (Å²) >= 11 is 1.69. The van der Waals surface area contributed by atoms with Gasteiger partial charge in [0.15, 0.2) is 0 Å². The summed E-state index contributed by atoms with van der Waals surface area (Å²) in [6, 6.07) is 0. The number of hydrogen-bond donors (Lipinski definition) is 1. The lowest BCUT2D eigenvalue weighted by molar-refractivity contribution is 0.165. The molecule has 110 valence electrons. The molecular formula is C15H23N3OS. The highest BCUT2D eigenvalue weighted by atomic mass is 32.1. The topological polar surface area (TPSA) is 50.9 Å². The van der Waals surface area contributed by atoms with E-state index in [0.717, 1.165) is 29.2 Å². The van der Waals surface area contributed by atoms with Gasteiger partial charge in [-0.3, -0.25) is 4.68 Å². The molecule has 1 unspecified atom stereocenters. The van der Waals surface area contributed by atoms with Crippen molar-refractivity contribution >= 4 is 11.3 Å². The van der Waals surface area contributed by atoms with Gasteiger partial charge in [-0.2, -0.15) is 5.10 Å². The summed E-state index contributed by atoms with van der Waals surface area (Å²) in [6.07, 6.45) is 1.94. The summed E-state index contributed by atoms with van der Waals surface area (Å²) in [5.74, 6) is 0. The maximum atomic E-state index is 10.2. The van der Waals surface area contributed by atoms with Gasteiger partial charge in [0.2, 0.25) is 0 Å². The van der Waals surface area contributed by atoms with Crippen molar-refractivity contribution in [2.24, 2.45) is 7.05 Å². The van der Waals surface area contributed by atoms with Gasteiger partial charge in [0, 0.05) is 24.0 Å². The Morgan fingerprint density at radius 1 is 1.20 bits per heavy atom. The van der Waals surface area contributed by atoms with Gasteiger partial charge in [-0.25, -0.2) is 4.98 Å². The third-order valence-electron chi connectivity index (χ3n) is 3.87. The van der Waals surface area contributed by atoms with Gasteiger partial charge in [0.05, 0.1) is 22.5 Å². The average molecular weight is 293 g/mol. The van der Waals surface area contributed by atoms with Crippen LogP contribution in [-0.2, 0) is 19.9 Å². The zero-order valence-electron chi connectivity index (χ0n) is 12.9. The van der Waals surface area contributed by atoms with Crippen molar-refractivity contribution in [3.8, 4) is 0 Å². The number of aryl methyl sites for hydroxylation is 4. The molecule has 5 heteroatoms. The van der Waals surface area contributed by atoms with E-state index in [2.05, 4.69) is 23.9 Å². The van der Waals surface area contributed by atoms with Gasteiger partial charge in [-0.05, 0) is 46.1 Å². The lowest BCUT2D eigenvalue weighted by Gasteiger charge is -2.09. The highest BCUT2D eigenvalue weighted by Gasteiger charge is 2.14. The van der Waals surface area contributed by atoms with Crippen molar-refractivity contribution in [3.05, 3.63) is 32.5 Å². The molecule has 1 atom stereocenters. The Morgan fingerprint density at radius 2 is 1.90 bits per heavy atom. The molecular weight excluding hydrogens is 270 g/mol. The number of aliphatic hydroxyl groups excluding tert-OH is 1. The Kier molecular flexibility index (Phi) is 4.60. The molecule has 4 nitrogen and oxygen atoms in total. The van der Waals surface area contributed by atoms with Crippen LogP contribution in [0.3, 0.4) is 0 Å². The standard InChI is InChI=1S/C15H23N3OS/c1-9-12(4)20-15(16-9)8-13(19)6-7-14-10(2)17-18(5)11(14)3/h13,19H,6-8H2,1-5H3. The maximum Gasteiger partial charge on any atom is 0.0956 e.